The van der Waals surface area contributed by atoms with Crippen molar-refractivity contribution >= 4 is 23.5 Å². The summed E-state index contributed by atoms with van der Waals surface area (Å²) in [4.78, 5) is 12.2. The highest BCUT2D eigenvalue weighted by molar-refractivity contribution is 6.32. The Balaban J connectivity index is 1.79. The van der Waals surface area contributed by atoms with Crippen LogP contribution in [0.3, 0.4) is 0 Å². The zero-order chi connectivity index (χ0) is 16.4. The highest BCUT2D eigenvalue weighted by Crippen LogP contribution is 2.38. The van der Waals surface area contributed by atoms with Gasteiger partial charge in [-0.15, -0.1) is 0 Å². The molecule has 3 rings (SSSR count). The van der Waals surface area contributed by atoms with Gasteiger partial charge in [-0.1, -0.05) is 17.7 Å². The van der Waals surface area contributed by atoms with Gasteiger partial charge in [-0.2, -0.15) is 5.10 Å². The Kier molecular flexibility index (Phi) is 4.39. The first-order chi connectivity index (χ1) is 11.0. The number of ether oxygens (including phenoxy) is 2. The molecular weight excluding hydrogens is 316 g/mol. The van der Waals surface area contributed by atoms with Crippen LogP contribution in [-0.2, 0) is 0 Å². The number of hydrogen-bond donors (Lipinski definition) is 0. The number of halogens is 1. The highest BCUT2D eigenvalue weighted by atomic mass is 35.5. The van der Waals surface area contributed by atoms with Gasteiger partial charge in [0.2, 0.25) is 0 Å². The van der Waals surface area contributed by atoms with Crippen molar-refractivity contribution in [1.29, 1.82) is 0 Å². The van der Waals surface area contributed by atoms with Crippen LogP contribution in [0.2, 0.25) is 5.02 Å². The predicted molar refractivity (Wildman–Crippen MR) is 88.4 cm³/mol. The number of benzene rings is 1. The molecule has 1 aliphatic heterocycles. The zero-order valence-corrected chi connectivity index (χ0v) is 13.7. The third-order valence-corrected chi connectivity index (χ3v) is 3.74. The lowest BCUT2D eigenvalue weighted by Crippen LogP contribution is -2.15. The summed E-state index contributed by atoms with van der Waals surface area (Å²) in [6, 6.07) is 3.77. The molecule has 0 saturated carbocycles. The van der Waals surface area contributed by atoms with Gasteiger partial charge < -0.3 is 9.47 Å². The van der Waals surface area contributed by atoms with E-state index in [1.54, 1.807) is 29.2 Å². The Morgan fingerprint density at radius 1 is 1.35 bits per heavy atom. The summed E-state index contributed by atoms with van der Waals surface area (Å²) >= 11 is 6.18. The van der Waals surface area contributed by atoms with Crippen LogP contribution in [0.25, 0.3) is 6.08 Å². The number of aromatic nitrogens is 2. The van der Waals surface area contributed by atoms with Crippen molar-refractivity contribution in [1.82, 2.24) is 9.78 Å². The summed E-state index contributed by atoms with van der Waals surface area (Å²) in [6.07, 6.45) is 6.53. The minimum absolute atomic E-state index is 0.108. The molecule has 2 heterocycles. The van der Waals surface area contributed by atoms with Crippen molar-refractivity contribution in [3.05, 3.63) is 46.8 Å². The number of carbonyl (C=O) groups excluding carboxylic acids is 1. The minimum atomic E-state index is -0.108. The van der Waals surface area contributed by atoms with Gasteiger partial charge in [-0.3, -0.25) is 9.48 Å². The van der Waals surface area contributed by atoms with Gasteiger partial charge in [-0.25, -0.2) is 0 Å². The third-order valence-electron chi connectivity index (χ3n) is 3.46. The first-order valence-corrected chi connectivity index (χ1v) is 7.78. The molecule has 5 nitrogen and oxygen atoms in total. The number of rotatable bonds is 4. The smallest absolute Gasteiger partial charge is 0.189 e. The van der Waals surface area contributed by atoms with Gasteiger partial charge in [0, 0.05) is 12.2 Å². The average Bonchev–Trinajstić information content (AvgIpc) is 3.03. The van der Waals surface area contributed by atoms with E-state index in [1.807, 2.05) is 19.9 Å². The van der Waals surface area contributed by atoms with Crippen molar-refractivity contribution in [3.63, 3.8) is 0 Å². The number of ketones is 1. The first kappa shape index (κ1) is 15.6. The molecule has 1 aromatic heterocycles. The average molecular weight is 333 g/mol. The Morgan fingerprint density at radius 3 is 2.87 bits per heavy atom. The monoisotopic (exact) mass is 332 g/mol. The van der Waals surface area contributed by atoms with Gasteiger partial charge >= 0.3 is 0 Å². The summed E-state index contributed by atoms with van der Waals surface area (Å²) in [5, 5.41) is 4.64. The molecule has 0 fully saturated rings. The Labute approximate surface area is 139 Å². The van der Waals surface area contributed by atoms with Crippen molar-refractivity contribution in [3.8, 4) is 11.5 Å². The molecule has 0 radical (unpaired) electrons. The third kappa shape index (κ3) is 3.40. The molecule has 0 spiro atoms. The fourth-order valence-electron chi connectivity index (χ4n) is 2.24. The summed E-state index contributed by atoms with van der Waals surface area (Å²) in [6.45, 7) is 4.99. The van der Waals surface area contributed by atoms with E-state index < -0.39 is 0 Å². The Hall–Kier alpha value is -2.27. The fourth-order valence-corrected chi connectivity index (χ4v) is 2.52. The molecular formula is C17H17ClN2O3. The maximum absolute atomic E-state index is 12.2. The molecule has 0 saturated heterocycles. The molecule has 1 aliphatic rings. The van der Waals surface area contributed by atoms with E-state index >= 15 is 0 Å². The van der Waals surface area contributed by atoms with Crippen molar-refractivity contribution < 1.29 is 14.3 Å². The van der Waals surface area contributed by atoms with Crippen LogP contribution in [-0.4, -0.2) is 28.8 Å². The van der Waals surface area contributed by atoms with Crippen LogP contribution in [0, 0.1) is 0 Å². The topological polar surface area (TPSA) is 53.4 Å². The van der Waals surface area contributed by atoms with Crippen LogP contribution in [0.5, 0.6) is 11.5 Å². The summed E-state index contributed by atoms with van der Waals surface area (Å²) < 4.78 is 12.7. The number of fused-ring (bicyclic) bond motifs is 1. The molecule has 1 aromatic carbocycles. The number of nitrogens with zero attached hydrogens (tertiary/aromatic N) is 2. The molecule has 0 aliphatic carbocycles. The van der Waals surface area contributed by atoms with Crippen LogP contribution >= 0.6 is 11.6 Å². The van der Waals surface area contributed by atoms with E-state index in [9.17, 15) is 4.79 Å². The fraction of sp³-hybridized carbons (Fsp3) is 0.294. The second-order valence-electron chi connectivity index (χ2n) is 5.53. The van der Waals surface area contributed by atoms with Gasteiger partial charge in [-0.05, 0) is 37.6 Å². The lowest BCUT2D eigenvalue weighted by atomic mass is 10.1. The number of hydrogen-bond acceptors (Lipinski definition) is 4. The summed E-state index contributed by atoms with van der Waals surface area (Å²) in [7, 11) is 0. The SMILES string of the molecule is CC(C)n1cc(C(=O)C=Cc2cc(Cl)c3c(c2)OCCO3)cn1. The quantitative estimate of drug-likeness (QED) is 0.631. The van der Waals surface area contributed by atoms with E-state index in [2.05, 4.69) is 5.10 Å². The van der Waals surface area contributed by atoms with E-state index in [0.717, 1.165) is 5.56 Å². The lowest BCUT2D eigenvalue weighted by Gasteiger charge is -2.19. The van der Waals surface area contributed by atoms with Gasteiger partial charge in [0.25, 0.3) is 0 Å². The Morgan fingerprint density at radius 2 is 2.13 bits per heavy atom. The number of allylic oxidation sites excluding steroid dienone is 1. The van der Waals surface area contributed by atoms with Gasteiger partial charge in [0.15, 0.2) is 17.3 Å². The van der Waals surface area contributed by atoms with Crippen molar-refractivity contribution in [2.75, 3.05) is 13.2 Å². The molecule has 6 heteroatoms. The molecule has 120 valence electrons. The molecule has 0 unspecified atom stereocenters. The maximum Gasteiger partial charge on any atom is 0.189 e. The maximum atomic E-state index is 12.2. The van der Waals surface area contributed by atoms with Gasteiger partial charge in [0.1, 0.15) is 13.2 Å². The molecule has 0 N–H and O–H groups in total. The molecule has 0 atom stereocenters. The molecule has 23 heavy (non-hydrogen) atoms. The second kappa shape index (κ2) is 6.46. The summed E-state index contributed by atoms with van der Waals surface area (Å²) in [5.74, 6) is 1.05. The lowest BCUT2D eigenvalue weighted by molar-refractivity contribution is 0.104. The van der Waals surface area contributed by atoms with E-state index in [4.69, 9.17) is 21.1 Å². The van der Waals surface area contributed by atoms with Crippen LogP contribution in [0.4, 0.5) is 0 Å². The standard InChI is InChI=1S/C17H17ClN2O3/c1-11(2)20-10-13(9-19-20)15(21)4-3-12-7-14(18)17-16(8-12)22-5-6-23-17/h3-4,7-11H,5-6H2,1-2H3. The van der Waals surface area contributed by atoms with Crippen LogP contribution in [0.15, 0.2) is 30.6 Å². The second-order valence-corrected chi connectivity index (χ2v) is 5.93. The van der Waals surface area contributed by atoms with E-state index in [-0.39, 0.29) is 11.8 Å². The summed E-state index contributed by atoms with van der Waals surface area (Å²) in [5.41, 5.74) is 1.34. The molecule has 0 bridgehead atoms. The van der Waals surface area contributed by atoms with E-state index in [0.29, 0.717) is 35.3 Å². The van der Waals surface area contributed by atoms with Crippen molar-refractivity contribution in [2.24, 2.45) is 0 Å². The van der Waals surface area contributed by atoms with Gasteiger partial charge in [0.05, 0.1) is 16.8 Å². The molecule has 0 amide bonds. The van der Waals surface area contributed by atoms with E-state index in [1.165, 1.54) is 6.08 Å². The van der Waals surface area contributed by atoms with Crippen LogP contribution < -0.4 is 9.47 Å². The minimum Gasteiger partial charge on any atom is -0.486 e. The highest BCUT2D eigenvalue weighted by Gasteiger charge is 2.16. The molecule has 2 aromatic rings. The largest absolute Gasteiger partial charge is 0.486 e. The first-order valence-electron chi connectivity index (χ1n) is 7.40. The van der Waals surface area contributed by atoms with Crippen LogP contribution in [0.1, 0.15) is 35.8 Å². The predicted octanol–water partition coefficient (Wildman–Crippen LogP) is 3.78. The Bertz CT molecular complexity index is 765. The zero-order valence-electron chi connectivity index (χ0n) is 13.0. The van der Waals surface area contributed by atoms with Crippen molar-refractivity contribution in [2.45, 2.75) is 19.9 Å². The normalized spacial score (nSPS) is 13.7. The number of carbonyl (C=O) groups is 1.